The molecule has 1 aliphatic heterocycles. The molecule has 9 nitrogen and oxygen atoms in total. The standard InChI is InChI=1S/C28H31N5O4/c1-4-24-25(20-8-10-22(11-9-20)33-19(2)17-37-28(33)36)12-13-30-27(24)31(3)14-15-32(18-34)23-7-5-6-21(16-23)26(29)35/h5-13,16,18-19H,4,14-15,17H2,1-3H3,(H2,29,35). The molecule has 2 heterocycles. The number of hydrogen-bond acceptors (Lipinski definition) is 6. The molecule has 1 atom stereocenters. The molecule has 1 saturated heterocycles. The van der Waals surface area contributed by atoms with Gasteiger partial charge in [0, 0.05) is 48.8 Å². The first kappa shape index (κ1) is 25.7. The van der Waals surface area contributed by atoms with Crippen molar-refractivity contribution >= 4 is 35.6 Å². The zero-order valence-corrected chi connectivity index (χ0v) is 21.3. The van der Waals surface area contributed by atoms with Crippen LogP contribution in [0.15, 0.2) is 60.8 Å². The second-order valence-electron chi connectivity index (χ2n) is 8.99. The lowest BCUT2D eigenvalue weighted by Crippen LogP contribution is -2.33. The van der Waals surface area contributed by atoms with Gasteiger partial charge in [0.1, 0.15) is 12.4 Å². The molecule has 9 heteroatoms. The van der Waals surface area contributed by atoms with Gasteiger partial charge in [-0.3, -0.25) is 14.5 Å². The third-order valence-electron chi connectivity index (χ3n) is 6.56. The first-order valence-electron chi connectivity index (χ1n) is 12.2. The average molecular weight is 502 g/mol. The van der Waals surface area contributed by atoms with Gasteiger partial charge in [-0.1, -0.05) is 25.1 Å². The smallest absolute Gasteiger partial charge is 0.414 e. The molecule has 1 aromatic heterocycles. The lowest BCUT2D eigenvalue weighted by Gasteiger charge is -2.26. The minimum atomic E-state index is -0.540. The highest BCUT2D eigenvalue weighted by Gasteiger charge is 2.30. The molecular weight excluding hydrogens is 470 g/mol. The predicted octanol–water partition coefficient (Wildman–Crippen LogP) is 3.85. The maximum absolute atomic E-state index is 12.1. The molecule has 4 rings (SSSR count). The number of likely N-dealkylation sites (N-methyl/N-ethyl adjacent to an activating group) is 1. The Hall–Kier alpha value is -4.40. The molecular formula is C28H31N5O4. The van der Waals surface area contributed by atoms with Crippen molar-refractivity contribution in [1.82, 2.24) is 4.98 Å². The molecule has 0 aliphatic carbocycles. The summed E-state index contributed by atoms with van der Waals surface area (Å²) in [5.41, 5.74) is 10.3. The summed E-state index contributed by atoms with van der Waals surface area (Å²) >= 11 is 0. The molecule has 0 radical (unpaired) electrons. The fourth-order valence-electron chi connectivity index (χ4n) is 4.55. The number of nitrogens with zero attached hydrogens (tertiary/aromatic N) is 4. The third-order valence-corrected chi connectivity index (χ3v) is 6.56. The van der Waals surface area contributed by atoms with E-state index in [4.69, 9.17) is 10.5 Å². The van der Waals surface area contributed by atoms with E-state index in [1.165, 1.54) is 0 Å². The van der Waals surface area contributed by atoms with Gasteiger partial charge in [0.25, 0.3) is 0 Å². The van der Waals surface area contributed by atoms with E-state index in [9.17, 15) is 14.4 Å². The molecule has 37 heavy (non-hydrogen) atoms. The predicted molar refractivity (Wildman–Crippen MR) is 144 cm³/mol. The van der Waals surface area contributed by atoms with Crippen molar-refractivity contribution in [2.75, 3.05) is 41.4 Å². The summed E-state index contributed by atoms with van der Waals surface area (Å²) in [4.78, 5) is 45.3. The number of carbonyl (C=O) groups excluding carboxylic acids is 3. The zero-order valence-electron chi connectivity index (χ0n) is 21.3. The molecule has 2 N–H and O–H groups in total. The van der Waals surface area contributed by atoms with E-state index in [2.05, 4.69) is 11.9 Å². The van der Waals surface area contributed by atoms with Crippen molar-refractivity contribution in [3.8, 4) is 11.1 Å². The molecule has 0 spiro atoms. The van der Waals surface area contributed by atoms with Crippen LogP contribution < -0.4 is 20.4 Å². The minimum Gasteiger partial charge on any atom is -0.447 e. The first-order valence-corrected chi connectivity index (χ1v) is 12.2. The van der Waals surface area contributed by atoms with Gasteiger partial charge in [-0.15, -0.1) is 0 Å². The summed E-state index contributed by atoms with van der Waals surface area (Å²) in [6, 6.07) is 16.6. The first-order chi connectivity index (χ1) is 17.8. The highest BCUT2D eigenvalue weighted by molar-refractivity contribution is 5.94. The number of amides is 3. The number of benzene rings is 2. The number of pyridine rings is 1. The molecule has 1 fully saturated rings. The number of aromatic nitrogens is 1. The van der Waals surface area contributed by atoms with Crippen LogP contribution in [-0.4, -0.2) is 56.2 Å². The number of anilines is 3. The van der Waals surface area contributed by atoms with Crippen molar-refractivity contribution in [2.45, 2.75) is 26.3 Å². The van der Waals surface area contributed by atoms with Gasteiger partial charge in [0.15, 0.2) is 0 Å². The van der Waals surface area contributed by atoms with Crippen LogP contribution >= 0.6 is 0 Å². The Morgan fingerprint density at radius 2 is 1.95 bits per heavy atom. The van der Waals surface area contributed by atoms with Crippen molar-refractivity contribution in [3.05, 3.63) is 71.9 Å². The van der Waals surface area contributed by atoms with Crippen LogP contribution in [0.25, 0.3) is 11.1 Å². The fraction of sp³-hybridized carbons (Fsp3) is 0.286. The van der Waals surface area contributed by atoms with E-state index in [1.54, 1.807) is 40.3 Å². The van der Waals surface area contributed by atoms with Crippen molar-refractivity contribution in [1.29, 1.82) is 0 Å². The quantitative estimate of drug-likeness (QED) is 0.423. The topological polar surface area (TPSA) is 109 Å². The van der Waals surface area contributed by atoms with Gasteiger partial charge in [0.2, 0.25) is 12.3 Å². The van der Waals surface area contributed by atoms with Crippen LogP contribution in [0.1, 0.15) is 29.8 Å². The van der Waals surface area contributed by atoms with E-state index in [0.29, 0.717) is 30.9 Å². The van der Waals surface area contributed by atoms with Crippen LogP contribution in [-0.2, 0) is 16.0 Å². The van der Waals surface area contributed by atoms with Crippen LogP contribution in [0.5, 0.6) is 0 Å². The number of carbonyl (C=O) groups is 3. The summed E-state index contributed by atoms with van der Waals surface area (Å²) in [5.74, 6) is 0.291. The monoisotopic (exact) mass is 501 g/mol. The Morgan fingerprint density at radius 3 is 2.57 bits per heavy atom. The highest BCUT2D eigenvalue weighted by atomic mass is 16.6. The van der Waals surface area contributed by atoms with E-state index in [0.717, 1.165) is 41.0 Å². The largest absolute Gasteiger partial charge is 0.447 e. The Balaban J connectivity index is 1.53. The Kier molecular flexibility index (Phi) is 7.71. The lowest BCUT2D eigenvalue weighted by atomic mass is 9.98. The number of hydrogen-bond donors (Lipinski definition) is 1. The summed E-state index contributed by atoms with van der Waals surface area (Å²) in [7, 11) is 1.94. The van der Waals surface area contributed by atoms with Crippen LogP contribution in [0.2, 0.25) is 0 Å². The van der Waals surface area contributed by atoms with E-state index >= 15 is 0 Å². The van der Waals surface area contributed by atoms with Gasteiger partial charge in [0.05, 0.1) is 6.04 Å². The van der Waals surface area contributed by atoms with Gasteiger partial charge in [-0.05, 0) is 60.9 Å². The Labute approximate surface area is 216 Å². The van der Waals surface area contributed by atoms with Crippen molar-refractivity contribution < 1.29 is 19.1 Å². The zero-order chi connectivity index (χ0) is 26.5. The SMILES string of the molecule is CCc1c(-c2ccc(N3C(=O)OCC3C)cc2)ccnc1N(C)CCN(C=O)c1cccc(C(N)=O)c1. The number of primary amides is 1. The molecule has 192 valence electrons. The average Bonchev–Trinajstić information content (AvgIpc) is 3.26. The van der Waals surface area contributed by atoms with Crippen LogP contribution in [0.3, 0.4) is 0 Å². The minimum absolute atomic E-state index is 0.00469. The van der Waals surface area contributed by atoms with Gasteiger partial charge in [-0.2, -0.15) is 0 Å². The van der Waals surface area contributed by atoms with E-state index in [1.807, 2.05) is 49.2 Å². The second-order valence-corrected chi connectivity index (χ2v) is 8.99. The maximum Gasteiger partial charge on any atom is 0.414 e. The number of nitrogens with two attached hydrogens (primary N) is 1. The molecule has 1 aliphatic rings. The van der Waals surface area contributed by atoms with Gasteiger partial charge < -0.3 is 20.3 Å². The van der Waals surface area contributed by atoms with E-state index < -0.39 is 5.91 Å². The molecule has 3 aromatic rings. The van der Waals surface area contributed by atoms with Crippen molar-refractivity contribution in [2.24, 2.45) is 5.73 Å². The Bertz CT molecular complexity index is 1290. The molecule has 0 bridgehead atoms. The van der Waals surface area contributed by atoms with Crippen LogP contribution in [0, 0.1) is 0 Å². The maximum atomic E-state index is 12.1. The lowest BCUT2D eigenvalue weighted by molar-refractivity contribution is -0.107. The summed E-state index contributed by atoms with van der Waals surface area (Å²) in [5, 5.41) is 0. The molecule has 0 saturated carbocycles. The highest BCUT2D eigenvalue weighted by Crippen LogP contribution is 2.32. The number of ether oxygens (including phenoxy) is 1. The van der Waals surface area contributed by atoms with Crippen molar-refractivity contribution in [3.63, 3.8) is 0 Å². The van der Waals surface area contributed by atoms with Gasteiger partial charge in [-0.25, -0.2) is 9.78 Å². The van der Waals surface area contributed by atoms with E-state index in [-0.39, 0.29) is 12.1 Å². The normalized spacial score (nSPS) is 14.8. The molecule has 1 unspecified atom stereocenters. The second kappa shape index (κ2) is 11.1. The van der Waals surface area contributed by atoms with Crippen LogP contribution in [0.4, 0.5) is 22.0 Å². The van der Waals surface area contributed by atoms with Gasteiger partial charge >= 0.3 is 6.09 Å². The third kappa shape index (κ3) is 5.40. The fourth-order valence-corrected chi connectivity index (χ4v) is 4.55. The number of cyclic esters (lactones) is 1. The molecule has 2 aromatic carbocycles. The summed E-state index contributed by atoms with van der Waals surface area (Å²) < 4.78 is 5.15. The Morgan fingerprint density at radius 1 is 1.19 bits per heavy atom. The molecule has 3 amide bonds. The summed E-state index contributed by atoms with van der Waals surface area (Å²) in [6.07, 6.45) is 2.96. The number of rotatable bonds is 10. The summed E-state index contributed by atoms with van der Waals surface area (Å²) in [6.45, 7) is 5.35.